The molecule has 4 unspecified atom stereocenters. The number of hydrogen-bond donors (Lipinski definition) is 1. The summed E-state index contributed by atoms with van der Waals surface area (Å²) in [5, 5.41) is 3.25. The van der Waals surface area contributed by atoms with E-state index >= 15 is 0 Å². The van der Waals surface area contributed by atoms with Crippen molar-refractivity contribution in [3.63, 3.8) is 0 Å². The quantitative estimate of drug-likeness (QED) is 0.854. The Kier molecular flexibility index (Phi) is 4.85. The molecule has 1 amide bonds. The van der Waals surface area contributed by atoms with Crippen LogP contribution in [0.3, 0.4) is 0 Å². The highest BCUT2D eigenvalue weighted by molar-refractivity contribution is 5.82. The van der Waals surface area contributed by atoms with Crippen molar-refractivity contribution >= 4 is 5.91 Å². The second-order valence-electron chi connectivity index (χ2n) is 7.33. The fourth-order valence-electron chi connectivity index (χ4n) is 4.29. The Bertz CT molecular complexity index is 373. The Morgan fingerprint density at radius 2 is 2.05 bits per heavy atom. The Balaban J connectivity index is 1.62. The number of hydrogen-bond acceptors (Lipinski definition) is 3. The highest BCUT2D eigenvalue weighted by Crippen LogP contribution is 2.44. The topological polar surface area (TPSA) is 35.6 Å². The predicted molar refractivity (Wildman–Crippen MR) is 85.1 cm³/mol. The molecule has 4 heteroatoms. The Labute approximate surface area is 129 Å². The molecule has 0 bridgehead atoms. The molecule has 2 heterocycles. The van der Waals surface area contributed by atoms with Gasteiger partial charge in [-0.2, -0.15) is 0 Å². The molecule has 2 aliphatic heterocycles. The summed E-state index contributed by atoms with van der Waals surface area (Å²) < 4.78 is 0. The molecule has 0 radical (unpaired) electrons. The molecule has 2 saturated heterocycles. The highest BCUT2D eigenvalue weighted by Gasteiger charge is 2.45. The maximum Gasteiger partial charge on any atom is 0.239 e. The standard InChI is InChI=1S/C17H31N3O/c1-3-19-7-5-4-6-13(10-19)11-20-12-15-8-14(15)9-16(18-2)17(20)21/h13-16,18H,3-12H2,1-2H3. The van der Waals surface area contributed by atoms with E-state index in [0.717, 1.165) is 37.9 Å². The maximum atomic E-state index is 12.7. The minimum absolute atomic E-state index is 0.0653. The third-order valence-corrected chi connectivity index (χ3v) is 5.80. The molecule has 0 aromatic heterocycles. The third-order valence-electron chi connectivity index (χ3n) is 5.80. The molecule has 120 valence electrons. The van der Waals surface area contributed by atoms with Gasteiger partial charge in [0.25, 0.3) is 0 Å². The number of nitrogens with one attached hydrogen (secondary N) is 1. The van der Waals surface area contributed by atoms with E-state index < -0.39 is 0 Å². The monoisotopic (exact) mass is 293 g/mol. The average Bonchev–Trinajstić information content (AvgIpc) is 3.26. The van der Waals surface area contributed by atoms with E-state index in [1.807, 2.05) is 7.05 Å². The zero-order valence-corrected chi connectivity index (χ0v) is 13.7. The van der Waals surface area contributed by atoms with Crippen molar-refractivity contribution in [2.75, 3.05) is 39.8 Å². The second-order valence-corrected chi connectivity index (χ2v) is 7.33. The van der Waals surface area contributed by atoms with E-state index in [4.69, 9.17) is 0 Å². The van der Waals surface area contributed by atoms with Crippen molar-refractivity contribution in [2.45, 2.75) is 45.1 Å². The van der Waals surface area contributed by atoms with E-state index in [1.165, 1.54) is 38.8 Å². The van der Waals surface area contributed by atoms with Gasteiger partial charge in [0.1, 0.15) is 0 Å². The van der Waals surface area contributed by atoms with Crippen molar-refractivity contribution in [2.24, 2.45) is 17.8 Å². The van der Waals surface area contributed by atoms with Crippen LogP contribution in [-0.2, 0) is 4.79 Å². The molecule has 0 aromatic rings. The van der Waals surface area contributed by atoms with Gasteiger partial charge in [-0.15, -0.1) is 0 Å². The molecule has 3 aliphatic rings. The molecule has 0 aromatic carbocycles. The van der Waals surface area contributed by atoms with Crippen molar-refractivity contribution in [1.82, 2.24) is 15.1 Å². The van der Waals surface area contributed by atoms with Gasteiger partial charge in [-0.05, 0) is 63.6 Å². The van der Waals surface area contributed by atoms with Gasteiger partial charge in [0.05, 0.1) is 6.04 Å². The lowest BCUT2D eigenvalue weighted by molar-refractivity contribution is -0.133. The first kappa shape index (κ1) is 15.3. The Hall–Kier alpha value is -0.610. The van der Waals surface area contributed by atoms with Crippen LogP contribution in [0, 0.1) is 17.8 Å². The zero-order valence-electron chi connectivity index (χ0n) is 13.7. The first-order valence-corrected chi connectivity index (χ1v) is 8.89. The van der Waals surface area contributed by atoms with Crippen LogP contribution in [0.1, 0.15) is 39.0 Å². The number of nitrogens with zero attached hydrogens (tertiary/aromatic N) is 2. The van der Waals surface area contributed by atoms with E-state index in [0.29, 0.717) is 11.8 Å². The second kappa shape index (κ2) is 6.66. The summed E-state index contributed by atoms with van der Waals surface area (Å²) >= 11 is 0. The molecular formula is C17H31N3O. The molecule has 1 saturated carbocycles. The fourth-order valence-corrected chi connectivity index (χ4v) is 4.29. The Morgan fingerprint density at radius 1 is 1.19 bits per heavy atom. The van der Waals surface area contributed by atoms with E-state index in [2.05, 4.69) is 22.0 Å². The minimum atomic E-state index is 0.0653. The number of rotatable bonds is 4. The van der Waals surface area contributed by atoms with Crippen molar-refractivity contribution < 1.29 is 4.79 Å². The van der Waals surface area contributed by atoms with E-state index in [9.17, 15) is 4.79 Å². The molecule has 1 N–H and O–H groups in total. The summed E-state index contributed by atoms with van der Waals surface area (Å²) in [5.41, 5.74) is 0. The maximum absolute atomic E-state index is 12.7. The molecule has 3 rings (SSSR count). The number of likely N-dealkylation sites (tertiary alicyclic amines) is 2. The lowest BCUT2D eigenvalue weighted by atomic mass is 10.0. The molecule has 3 fully saturated rings. The third kappa shape index (κ3) is 3.59. The molecule has 0 spiro atoms. The van der Waals surface area contributed by atoms with Crippen LogP contribution < -0.4 is 5.32 Å². The molecule has 4 nitrogen and oxygen atoms in total. The van der Waals surface area contributed by atoms with Gasteiger partial charge in [-0.1, -0.05) is 13.3 Å². The number of carbonyl (C=O) groups excluding carboxylic acids is 1. The van der Waals surface area contributed by atoms with Gasteiger partial charge >= 0.3 is 0 Å². The smallest absolute Gasteiger partial charge is 0.239 e. The first-order chi connectivity index (χ1) is 10.2. The molecule has 4 atom stereocenters. The van der Waals surface area contributed by atoms with Gasteiger partial charge in [0, 0.05) is 19.6 Å². The van der Waals surface area contributed by atoms with Crippen LogP contribution in [0.15, 0.2) is 0 Å². The average molecular weight is 293 g/mol. The van der Waals surface area contributed by atoms with Gasteiger partial charge in [-0.3, -0.25) is 4.79 Å². The number of likely N-dealkylation sites (N-methyl/N-ethyl adjacent to an activating group) is 1. The zero-order chi connectivity index (χ0) is 14.8. The van der Waals surface area contributed by atoms with Gasteiger partial charge < -0.3 is 15.1 Å². The Morgan fingerprint density at radius 3 is 2.81 bits per heavy atom. The van der Waals surface area contributed by atoms with Gasteiger partial charge in [0.2, 0.25) is 5.91 Å². The first-order valence-electron chi connectivity index (χ1n) is 8.89. The van der Waals surface area contributed by atoms with Crippen molar-refractivity contribution in [1.29, 1.82) is 0 Å². The van der Waals surface area contributed by atoms with Crippen molar-refractivity contribution in [3.05, 3.63) is 0 Å². The summed E-state index contributed by atoms with van der Waals surface area (Å²) in [4.78, 5) is 17.5. The van der Waals surface area contributed by atoms with Crippen LogP contribution in [0.2, 0.25) is 0 Å². The number of carbonyl (C=O) groups is 1. The largest absolute Gasteiger partial charge is 0.341 e. The van der Waals surface area contributed by atoms with Crippen molar-refractivity contribution in [3.8, 4) is 0 Å². The molecule has 21 heavy (non-hydrogen) atoms. The fraction of sp³-hybridized carbons (Fsp3) is 0.941. The highest BCUT2D eigenvalue weighted by atomic mass is 16.2. The van der Waals surface area contributed by atoms with Crippen LogP contribution in [0.4, 0.5) is 0 Å². The predicted octanol–water partition coefficient (Wildman–Crippen LogP) is 1.56. The summed E-state index contributed by atoms with van der Waals surface area (Å²) in [6.07, 6.45) is 6.33. The van der Waals surface area contributed by atoms with E-state index in [1.54, 1.807) is 0 Å². The molecular weight excluding hydrogens is 262 g/mol. The lowest BCUT2D eigenvalue weighted by Gasteiger charge is -2.31. The van der Waals surface area contributed by atoms with Crippen LogP contribution in [-0.4, -0.2) is 61.5 Å². The lowest BCUT2D eigenvalue weighted by Crippen LogP contribution is -2.47. The van der Waals surface area contributed by atoms with Crippen LogP contribution in [0.5, 0.6) is 0 Å². The summed E-state index contributed by atoms with van der Waals surface area (Å²) in [6.45, 7) is 7.82. The minimum Gasteiger partial charge on any atom is -0.341 e. The normalized spacial score (nSPS) is 37.8. The number of fused-ring (bicyclic) bond motifs is 1. The SMILES string of the molecule is CCN1CCCCC(CN2CC3CC3CC(NC)C2=O)C1. The summed E-state index contributed by atoms with van der Waals surface area (Å²) in [6, 6.07) is 0.0653. The van der Waals surface area contributed by atoms with Crippen LogP contribution in [0.25, 0.3) is 0 Å². The summed E-state index contributed by atoms with van der Waals surface area (Å²) in [7, 11) is 1.94. The van der Waals surface area contributed by atoms with E-state index in [-0.39, 0.29) is 6.04 Å². The summed E-state index contributed by atoms with van der Waals surface area (Å²) in [5.74, 6) is 2.62. The van der Waals surface area contributed by atoms with Gasteiger partial charge in [0.15, 0.2) is 0 Å². The molecule has 1 aliphatic carbocycles. The van der Waals surface area contributed by atoms with Gasteiger partial charge in [-0.25, -0.2) is 0 Å². The number of amides is 1. The van der Waals surface area contributed by atoms with Crippen LogP contribution >= 0.6 is 0 Å².